The van der Waals surface area contributed by atoms with E-state index in [0.29, 0.717) is 10.1 Å². The number of carbonyl (C=O) groups is 1. The lowest BCUT2D eigenvalue weighted by molar-refractivity contribution is -0.135. The van der Waals surface area contributed by atoms with Crippen molar-refractivity contribution in [1.82, 2.24) is 9.97 Å². The first-order valence-corrected chi connectivity index (χ1v) is 9.60. The van der Waals surface area contributed by atoms with Crippen molar-refractivity contribution in [1.29, 1.82) is 0 Å². The van der Waals surface area contributed by atoms with Crippen molar-refractivity contribution in [2.24, 2.45) is 0 Å². The van der Waals surface area contributed by atoms with Crippen molar-refractivity contribution < 1.29 is 27.8 Å². The molecule has 1 aliphatic heterocycles. The number of carboxylic acids is 1. The topological polar surface area (TPSA) is 159 Å². The maximum atomic E-state index is 13.2. The lowest BCUT2D eigenvalue weighted by Crippen LogP contribution is -2.36. The molecule has 2 aromatic carbocycles. The third-order valence-corrected chi connectivity index (χ3v) is 5.97. The molecule has 0 radical (unpaired) electrons. The van der Waals surface area contributed by atoms with Crippen LogP contribution in [0, 0.1) is 0 Å². The van der Waals surface area contributed by atoms with E-state index in [-0.39, 0.29) is 34.2 Å². The van der Waals surface area contributed by atoms with E-state index in [0.717, 1.165) is 6.07 Å². The molecule has 0 aliphatic carbocycles. The van der Waals surface area contributed by atoms with Crippen LogP contribution in [-0.4, -0.2) is 42.8 Å². The minimum atomic E-state index is -4.34. The van der Waals surface area contributed by atoms with Gasteiger partial charge in [0.05, 0.1) is 21.6 Å². The molecule has 0 spiro atoms. The number of hydrogen-bond donors (Lipinski definition) is 3. The highest BCUT2D eigenvalue weighted by Gasteiger charge is 2.29. The molecule has 150 valence electrons. The van der Waals surface area contributed by atoms with Gasteiger partial charge < -0.3 is 24.5 Å². The Morgan fingerprint density at radius 1 is 1.00 bits per heavy atom. The highest BCUT2D eigenvalue weighted by Crippen LogP contribution is 2.37. The number of aromatic amines is 2. The van der Waals surface area contributed by atoms with Crippen LogP contribution in [0.3, 0.4) is 0 Å². The van der Waals surface area contributed by atoms with Crippen LogP contribution in [0.1, 0.15) is 0 Å². The molecule has 0 bridgehead atoms. The van der Waals surface area contributed by atoms with E-state index in [9.17, 15) is 27.9 Å². The summed E-state index contributed by atoms with van der Waals surface area (Å²) < 4.78 is 37.5. The molecule has 1 aromatic heterocycles. The van der Waals surface area contributed by atoms with Crippen LogP contribution in [-0.2, 0) is 14.8 Å². The summed E-state index contributed by atoms with van der Waals surface area (Å²) in [6, 6.07) is 7.89. The second-order valence-corrected chi connectivity index (χ2v) is 7.92. The van der Waals surface area contributed by atoms with Gasteiger partial charge in [0.1, 0.15) is 6.54 Å². The Kier molecular flexibility index (Phi) is 4.27. The number of hydrogen-bond acceptors (Lipinski definition) is 7. The summed E-state index contributed by atoms with van der Waals surface area (Å²) >= 11 is 0. The third kappa shape index (κ3) is 3.29. The summed E-state index contributed by atoms with van der Waals surface area (Å²) in [4.78, 5) is 38.6. The lowest BCUT2D eigenvalue weighted by Gasteiger charge is -2.23. The van der Waals surface area contributed by atoms with Crippen LogP contribution in [0.2, 0.25) is 0 Å². The van der Waals surface area contributed by atoms with E-state index in [1.165, 1.54) is 30.3 Å². The molecule has 4 rings (SSSR count). The van der Waals surface area contributed by atoms with Crippen LogP contribution in [0.25, 0.3) is 11.0 Å². The molecule has 0 atom stereocenters. The number of ether oxygens (including phenoxy) is 2. The SMILES string of the molecule is O=C(O)CN(c1ccc2c(c1)OCO2)S(=O)(=O)c1ccc2[nH]c(=O)c(=O)[nH]c2c1. The van der Waals surface area contributed by atoms with E-state index in [4.69, 9.17) is 9.47 Å². The average Bonchev–Trinajstić information content (AvgIpc) is 3.14. The van der Waals surface area contributed by atoms with Crippen LogP contribution >= 0.6 is 0 Å². The molecular formula is C17H13N3O8S. The van der Waals surface area contributed by atoms with Crippen LogP contribution in [0.5, 0.6) is 11.5 Å². The molecule has 3 aromatic rings. The minimum absolute atomic E-state index is 0.0271. The maximum absolute atomic E-state index is 13.2. The molecule has 29 heavy (non-hydrogen) atoms. The van der Waals surface area contributed by atoms with Gasteiger partial charge in [0.25, 0.3) is 10.0 Å². The maximum Gasteiger partial charge on any atom is 0.324 e. The Morgan fingerprint density at radius 3 is 2.41 bits per heavy atom. The molecule has 0 saturated heterocycles. The van der Waals surface area contributed by atoms with Crippen molar-refractivity contribution in [2.75, 3.05) is 17.6 Å². The largest absolute Gasteiger partial charge is 0.480 e. The summed E-state index contributed by atoms with van der Waals surface area (Å²) in [6.45, 7) is -0.872. The highest BCUT2D eigenvalue weighted by molar-refractivity contribution is 7.92. The second-order valence-electron chi connectivity index (χ2n) is 6.06. The van der Waals surface area contributed by atoms with Gasteiger partial charge in [-0.05, 0) is 30.3 Å². The van der Waals surface area contributed by atoms with E-state index in [1.807, 2.05) is 0 Å². The predicted octanol–water partition coefficient (Wildman–Crippen LogP) is 0.225. The molecule has 11 nitrogen and oxygen atoms in total. The number of aliphatic carboxylic acids is 1. The zero-order valence-corrected chi connectivity index (χ0v) is 15.4. The monoisotopic (exact) mass is 419 g/mol. The molecule has 12 heteroatoms. The molecule has 0 fully saturated rings. The van der Waals surface area contributed by atoms with Gasteiger partial charge in [-0.1, -0.05) is 0 Å². The first-order valence-electron chi connectivity index (χ1n) is 8.16. The zero-order chi connectivity index (χ0) is 20.8. The summed E-state index contributed by atoms with van der Waals surface area (Å²) in [5.74, 6) is -0.674. The predicted molar refractivity (Wildman–Crippen MR) is 99.9 cm³/mol. The normalized spacial score (nSPS) is 12.8. The standard InChI is InChI=1S/C17H13N3O8S/c21-15(22)7-20(9-1-4-13-14(5-9)28-8-27-13)29(25,26)10-2-3-11-12(6-10)19-17(24)16(23)18-11/h1-6H,7-8H2,(H,18,23)(H,19,24)(H,21,22). The van der Waals surface area contributed by atoms with Crippen LogP contribution in [0.4, 0.5) is 5.69 Å². The Bertz CT molecular complexity index is 1360. The fourth-order valence-corrected chi connectivity index (χ4v) is 4.29. The molecule has 1 aliphatic rings. The fourth-order valence-electron chi connectivity index (χ4n) is 2.86. The van der Waals surface area contributed by atoms with Crippen LogP contribution < -0.4 is 24.9 Å². The first kappa shape index (κ1) is 18.6. The van der Waals surface area contributed by atoms with Gasteiger partial charge in [0.15, 0.2) is 11.5 Å². The molecule has 0 saturated carbocycles. The molecule has 0 amide bonds. The molecule has 2 heterocycles. The van der Waals surface area contributed by atoms with Gasteiger partial charge in [-0.25, -0.2) is 8.42 Å². The Balaban J connectivity index is 1.84. The third-order valence-electron chi connectivity index (χ3n) is 4.20. The molecule has 3 N–H and O–H groups in total. The number of fused-ring (bicyclic) bond motifs is 2. The number of rotatable bonds is 5. The quantitative estimate of drug-likeness (QED) is 0.496. The summed E-state index contributed by atoms with van der Waals surface area (Å²) in [5, 5.41) is 9.24. The second kappa shape index (κ2) is 6.67. The number of anilines is 1. The Labute approximate surface area is 162 Å². The number of carboxylic acid groups (broad SMARTS) is 1. The number of benzene rings is 2. The Hall–Kier alpha value is -3.80. The van der Waals surface area contributed by atoms with Crippen molar-refractivity contribution in [3.63, 3.8) is 0 Å². The number of aromatic nitrogens is 2. The smallest absolute Gasteiger partial charge is 0.324 e. The Morgan fingerprint density at radius 2 is 1.69 bits per heavy atom. The average molecular weight is 419 g/mol. The molecular weight excluding hydrogens is 406 g/mol. The van der Waals surface area contributed by atoms with Gasteiger partial charge in [0.2, 0.25) is 6.79 Å². The van der Waals surface area contributed by atoms with E-state index >= 15 is 0 Å². The van der Waals surface area contributed by atoms with Crippen molar-refractivity contribution in [3.05, 3.63) is 57.1 Å². The summed E-state index contributed by atoms with van der Waals surface area (Å²) in [7, 11) is -4.34. The van der Waals surface area contributed by atoms with Gasteiger partial charge in [-0.3, -0.25) is 18.7 Å². The lowest BCUT2D eigenvalue weighted by atomic mass is 10.3. The highest BCUT2D eigenvalue weighted by atomic mass is 32.2. The summed E-state index contributed by atoms with van der Waals surface area (Å²) in [6.07, 6.45) is 0. The van der Waals surface area contributed by atoms with Crippen molar-refractivity contribution in [3.8, 4) is 11.5 Å². The number of sulfonamides is 1. The number of nitrogens with one attached hydrogen (secondary N) is 2. The first-order chi connectivity index (χ1) is 13.8. The summed E-state index contributed by atoms with van der Waals surface area (Å²) in [5.41, 5.74) is -1.45. The molecule has 0 unspecified atom stereocenters. The fraction of sp³-hybridized carbons (Fsp3) is 0.118. The number of H-pyrrole nitrogens is 2. The van der Waals surface area contributed by atoms with Crippen molar-refractivity contribution >= 4 is 32.7 Å². The van der Waals surface area contributed by atoms with Gasteiger partial charge in [0, 0.05) is 6.07 Å². The van der Waals surface area contributed by atoms with Gasteiger partial charge in [-0.15, -0.1) is 0 Å². The van der Waals surface area contributed by atoms with E-state index in [1.54, 1.807) is 0 Å². The van der Waals surface area contributed by atoms with Crippen molar-refractivity contribution in [2.45, 2.75) is 4.90 Å². The van der Waals surface area contributed by atoms with E-state index in [2.05, 4.69) is 9.97 Å². The minimum Gasteiger partial charge on any atom is -0.480 e. The van der Waals surface area contributed by atoms with Crippen LogP contribution in [0.15, 0.2) is 50.9 Å². The zero-order valence-electron chi connectivity index (χ0n) is 14.5. The van der Waals surface area contributed by atoms with Gasteiger partial charge in [-0.2, -0.15) is 0 Å². The van der Waals surface area contributed by atoms with E-state index < -0.39 is 33.7 Å². The number of nitrogens with zero attached hydrogens (tertiary/aromatic N) is 1. The van der Waals surface area contributed by atoms with Gasteiger partial charge >= 0.3 is 17.1 Å².